The van der Waals surface area contributed by atoms with E-state index >= 15 is 0 Å². The number of hydrogen-bond donors (Lipinski definition) is 3. The van der Waals surface area contributed by atoms with Gasteiger partial charge in [0.1, 0.15) is 5.75 Å². The van der Waals surface area contributed by atoms with Gasteiger partial charge in [-0.15, -0.1) is 0 Å². The molecule has 5 heteroatoms. The first kappa shape index (κ1) is 14.7. The molecule has 0 spiro atoms. The lowest BCUT2D eigenvalue weighted by atomic mass is 10.1. The van der Waals surface area contributed by atoms with Crippen molar-refractivity contribution in [2.24, 2.45) is 0 Å². The Hall–Kier alpha value is -2.69. The van der Waals surface area contributed by atoms with E-state index in [2.05, 4.69) is 5.32 Å². The van der Waals surface area contributed by atoms with E-state index in [0.29, 0.717) is 11.4 Å². The number of ether oxygens (including phenoxy) is 1. The van der Waals surface area contributed by atoms with Gasteiger partial charge in [0.15, 0.2) is 0 Å². The Morgan fingerprint density at radius 2 is 1.90 bits per heavy atom. The molecule has 110 valence electrons. The van der Waals surface area contributed by atoms with Gasteiger partial charge in [-0.25, -0.2) is 4.79 Å². The number of nitrogen functional groups attached to an aromatic ring is 1. The van der Waals surface area contributed by atoms with Crippen LogP contribution >= 0.6 is 0 Å². The highest BCUT2D eigenvalue weighted by atomic mass is 16.5. The van der Waals surface area contributed by atoms with E-state index in [-0.39, 0.29) is 11.6 Å². The van der Waals surface area contributed by atoms with Crippen LogP contribution in [0.5, 0.6) is 5.75 Å². The van der Waals surface area contributed by atoms with Crippen LogP contribution in [0.3, 0.4) is 0 Å². The molecule has 1 atom stereocenters. The molecule has 4 N–H and O–H groups in total. The summed E-state index contributed by atoms with van der Waals surface area (Å²) in [6.07, 6.45) is 0. The summed E-state index contributed by atoms with van der Waals surface area (Å²) in [6.45, 7) is 1.94. The molecule has 2 aromatic carbocycles. The number of carbonyl (C=O) groups is 1. The van der Waals surface area contributed by atoms with Gasteiger partial charge in [-0.2, -0.15) is 0 Å². The minimum atomic E-state index is -1.01. The minimum absolute atomic E-state index is 0.0845. The number of aromatic carboxylic acids is 1. The van der Waals surface area contributed by atoms with E-state index in [4.69, 9.17) is 10.5 Å². The number of nitrogens with two attached hydrogens (primary N) is 1. The van der Waals surface area contributed by atoms with Gasteiger partial charge in [0.25, 0.3) is 0 Å². The topological polar surface area (TPSA) is 84.6 Å². The second-order valence-corrected chi connectivity index (χ2v) is 4.71. The number of methoxy groups -OCH3 is 1. The highest BCUT2D eigenvalue weighted by Gasteiger charge is 2.15. The lowest BCUT2D eigenvalue weighted by Gasteiger charge is -2.19. The van der Waals surface area contributed by atoms with Crippen LogP contribution in [0.1, 0.15) is 28.9 Å². The van der Waals surface area contributed by atoms with Crippen molar-refractivity contribution in [3.63, 3.8) is 0 Å². The molecule has 0 aliphatic carbocycles. The molecular weight excluding hydrogens is 268 g/mol. The Morgan fingerprint density at radius 1 is 1.24 bits per heavy atom. The average molecular weight is 286 g/mol. The van der Waals surface area contributed by atoms with Crippen molar-refractivity contribution in [2.75, 3.05) is 18.2 Å². The van der Waals surface area contributed by atoms with Crippen molar-refractivity contribution in [1.29, 1.82) is 0 Å². The molecule has 1 unspecified atom stereocenters. The third-order valence-corrected chi connectivity index (χ3v) is 3.30. The van der Waals surface area contributed by atoms with Crippen molar-refractivity contribution in [3.05, 3.63) is 53.6 Å². The van der Waals surface area contributed by atoms with Crippen molar-refractivity contribution < 1.29 is 14.6 Å². The molecule has 0 heterocycles. The quantitative estimate of drug-likeness (QED) is 0.735. The van der Waals surface area contributed by atoms with Gasteiger partial charge in [-0.1, -0.05) is 18.2 Å². The van der Waals surface area contributed by atoms with Crippen molar-refractivity contribution >= 4 is 17.3 Å². The number of hydrogen-bond acceptors (Lipinski definition) is 4. The predicted octanol–water partition coefficient (Wildman–Crippen LogP) is 3.15. The molecule has 0 amide bonds. The van der Waals surface area contributed by atoms with E-state index in [9.17, 15) is 9.90 Å². The van der Waals surface area contributed by atoms with Crippen LogP contribution in [0.2, 0.25) is 0 Å². The summed E-state index contributed by atoms with van der Waals surface area (Å²) in [6, 6.07) is 12.3. The third kappa shape index (κ3) is 3.25. The first-order chi connectivity index (χ1) is 10.0. The van der Waals surface area contributed by atoms with E-state index in [1.807, 2.05) is 31.2 Å². The summed E-state index contributed by atoms with van der Waals surface area (Å²) in [5.41, 5.74) is 7.91. The Balaban J connectivity index is 2.26. The fourth-order valence-electron chi connectivity index (χ4n) is 2.10. The van der Waals surface area contributed by atoms with E-state index in [1.54, 1.807) is 19.2 Å². The molecule has 0 radical (unpaired) electrons. The van der Waals surface area contributed by atoms with Crippen LogP contribution in [-0.4, -0.2) is 18.2 Å². The van der Waals surface area contributed by atoms with E-state index in [0.717, 1.165) is 11.3 Å². The normalized spacial score (nSPS) is 11.7. The average Bonchev–Trinajstić information content (AvgIpc) is 2.49. The molecular formula is C16H18N2O3. The summed E-state index contributed by atoms with van der Waals surface area (Å²) < 4.78 is 5.12. The monoisotopic (exact) mass is 286 g/mol. The molecule has 2 rings (SSSR count). The number of para-hydroxylation sites is 1. The molecule has 0 aliphatic heterocycles. The van der Waals surface area contributed by atoms with E-state index in [1.165, 1.54) is 6.07 Å². The summed E-state index contributed by atoms with van der Waals surface area (Å²) in [4.78, 5) is 11.3. The lowest BCUT2D eigenvalue weighted by Crippen LogP contribution is -2.12. The molecule has 0 aliphatic rings. The SMILES string of the molecule is COc1ccc(C(C)Nc2c(N)cccc2C(=O)O)cc1. The zero-order valence-electron chi connectivity index (χ0n) is 12.0. The maximum atomic E-state index is 11.3. The van der Waals surface area contributed by atoms with Gasteiger partial charge in [0.2, 0.25) is 0 Å². The van der Waals surface area contributed by atoms with Crippen LogP contribution in [0.25, 0.3) is 0 Å². The van der Waals surface area contributed by atoms with E-state index < -0.39 is 5.97 Å². The summed E-state index contributed by atoms with van der Waals surface area (Å²) in [5.74, 6) is -0.233. The molecule has 0 fully saturated rings. The highest BCUT2D eigenvalue weighted by molar-refractivity contribution is 5.97. The van der Waals surface area contributed by atoms with Gasteiger partial charge in [0, 0.05) is 6.04 Å². The smallest absolute Gasteiger partial charge is 0.337 e. The van der Waals surface area contributed by atoms with Crippen LogP contribution < -0.4 is 15.8 Å². The summed E-state index contributed by atoms with van der Waals surface area (Å²) in [7, 11) is 1.61. The Bertz CT molecular complexity index is 638. The maximum Gasteiger partial charge on any atom is 0.337 e. The second kappa shape index (κ2) is 6.17. The lowest BCUT2D eigenvalue weighted by molar-refractivity contribution is 0.0698. The number of nitrogens with one attached hydrogen (secondary N) is 1. The van der Waals surface area contributed by atoms with Crippen molar-refractivity contribution in [2.45, 2.75) is 13.0 Å². The minimum Gasteiger partial charge on any atom is -0.497 e. The number of carboxylic acids is 1. The zero-order valence-corrected chi connectivity index (χ0v) is 12.0. The van der Waals surface area contributed by atoms with Gasteiger partial charge in [-0.05, 0) is 36.8 Å². The van der Waals surface area contributed by atoms with Gasteiger partial charge >= 0.3 is 5.97 Å². The molecule has 0 saturated carbocycles. The molecule has 2 aromatic rings. The molecule has 21 heavy (non-hydrogen) atoms. The fraction of sp³-hybridized carbons (Fsp3) is 0.188. The standard InChI is InChI=1S/C16H18N2O3/c1-10(11-6-8-12(21-2)9-7-11)18-15-13(16(19)20)4-3-5-14(15)17/h3-10,18H,17H2,1-2H3,(H,19,20). The second-order valence-electron chi connectivity index (χ2n) is 4.71. The van der Waals surface area contributed by atoms with Gasteiger partial charge < -0.3 is 20.9 Å². The maximum absolute atomic E-state index is 11.3. The first-order valence-electron chi connectivity index (χ1n) is 6.55. The van der Waals surface area contributed by atoms with Crippen LogP contribution in [0.15, 0.2) is 42.5 Å². The number of benzene rings is 2. The van der Waals surface area contributed by atoms with Gasteiger partial charge in [0.05, 0.1) is 24.0 Å². The highest BCUT2D eigenvalue weighted by Crippen LogP contribution is 2.28. The largest absolute Gasteiger partial charge is 0.497 e. The van der Waals surface area contributed by atoms with Crippen LogP contribution in [0, 0.1) is 0 Å². The van der Waals surface area contributed by atoms with Gasteiger partial charge in [-0.3, -0.25) is 0 Å². The Kier molecular flexibility index (Phi) is 4.33. The molecule has 5 nitrogen and oxygen atoms in total. The fourth-order valence-corrected chi connectivity index (χ4v) is 2.10. The Morgan fingerprint density at radius 3 is 2.48 bits per heavy atom. The molecule has 0 bridgehead atoms. The molecule has 0 saturated heterocycles. The Labute approximate surface area is 123 Å². The number of rotatable bonds is 5. The summed E-state index contributed by atoms with van der Waals surface area (Å²) in [5, 5.41) is 12.4. The van der Waals surface area contributed by atoms with Crippen LogP contribution in [-0.2, 0) is 0 Å². The zero-order chi connectivity index (χ0) is 15.4. The van der Waals surface area contributed by atoms with Crippen LogP contribution in [0.4, 0.5) is 11.4 Å². The van der Waals surface area contributed by atoms with Crippen molar-refractivity contribution in [3.8, 4) is 5.75 Å². The summed E-state index contributed by atoms with van der Waals surface area (Å²) >= 11 is 0. The predicted molar refractivity (Wildman–Crippen MR) is 82.8 cm³/mol. The van der Waals surface area contributed by atoms with Crippen molar-refractivity contribution in [1.82, 2.24) is 0 Å². The molecule has 0 aromatic heterocycles. The third-order valence-electron chi connectivity index (χ3n) is 3.30. The number of carboxylic acid groups (broad SMARTS) is 1. The number of anilines is 2. The first-order valence-corrected chi connectivity index (χ1v) is 6.55.